The van der Waals surface area contributed by atoms with Gasteiger partial charge in [0.05, 0.1) is 12.3 Å². The van der Waals surface area contributed by atoms with E-state index in [0.29, 0.717) is 25.3 Å². The molecule has 3 N–H and O–H groups in total. The van der Waals surface area contributed by atoms with Crippen molar-refractivity contribution in [1.82, 2.24) is 10.2 Å². The number of nitrogens with zero attached hydrogens (tertiary/aromatic N) is 1. The van der Waals surface area contributed by atoms with E-state index in [9.17, 15) is 9.59 Å². The highest BCUT2D eigenvalue weighted by Gasteiger charge is 2.26. The maximum Gasteiger partial charge on any atom is 0.289 e. The molecule has 1 unspecified atom stereocenters. The van der Waals surface area contributed by atoms with Gasteiger partial charge in [0.25, 0.3) is 5.91 Å². The molecular formula is C19H23N3O3. The van der Waals surface area contributed by atoms with Gasteiger partial charge in [-0.3, -0.25) is 9.59 Å². The van der Waals surface area contributed by atoms with Gasteiger partial charge in [0.15, 0.2) is 5.76 Å². The number of carbonyl (C=O) groups excluding carboxylic acids is 2. The van der Waals surface area contributed by atoms with E-state index in [1.807, 2.05) is 30.3 Å². The molecule has 1 atom stereocenters. The molecule has 0 spiro atoms. The summed E-state index contributed by atoms with van der Waals surface area (Å²) in [6.07, 6.45) is 3.45. The highest BCUT2D eigenvalue weighted by Crippen LogP contribution is 2.14. The minimum atomic E-state index is -0.565. The molecule has 0 radical (unpaired) electrons. The van der Waals surface area contributed by atoms with Crippen LogP contribution in [-0.2, 0) is 11.2 Å². The summed E-state index contributed by atoms with van der Waals surface area (Å²) in [6.45, 7) is 1.19. The lowest BCUT2D eigenvalue weighted by Gasteiger charge is -2.32. The van der Waals surface area contributed by atoms with Gasteiger partial charge >= 0.3 is 0 Å². The Hall–Kier alpha value is -2.60. The summed E-state index contributed by atoms with van der Waals surface area (Å²) in [5.74, 6) is 0.114. The van der Waals surface area contributed by atoms with E-state index >= 15 is 0 Å². The van der Waals surface area contributed by atoms with E-state index in [4.69, 9.17) is 10.2 Å². The number of amides is 2. The van der Waals surface area contributed by atoms with Crippen molar-refractivity contribution in [3.05, 3.63) is 60.1 Å². The maximum atomic E-state index is 12.3. The lowest BCUT2D eigenvalue weighted by Crippen LogP contribution is -2.51. The van der Waals surface area contributed by atoms with Gasteiger partial charge in [-0.25, -0.2) is 0 Å². The summed E-state index contributed by atoms with van der Waals surface area (Å²) >= 11 is 0. The fraction of sp³-hybridized carbons (Fsp3) is 0.368. The number of rotatable bonds is 5. The Kier molecular flexibility index (Phi) is 5.50. The van der Waals surface area contributed by atoms with Crippen LogP contribution in [0.25, 0.3) is 0 Å². The highest BCUT2D eigenvalue weighted by atomic mass is 16.3. The quantitative estimate of drug-likeness (QED) is 0.864. The van der Waals surface area contributed by atoms with Crippen LogP contribution < -0.4 is 11.1 Å². The first-order valence-corrected chi connectivity index (χ1v) is 8.56. The summed E-state index contributed by atoms with van der Waals surface area (Å²) in [4.78, 5) is 26.3. The van der Waals surface area contributed by atoms with E-state index in [-0.39, 0.29) is 17.9 Å². The predicted molar refractivity (Wildman–Crippen MR) is 93.9 cm³/mol. The molecule has 6 nitrogen and oxygen atoms in total. The molecule has 132 valence electrons. The molecule has 0 bridgehead atoms. The minimum absolute atomic E-state index is 0.0509. The molecule has 6 heteroatoms. The molecule has 2 heterocycles. The first kappa shape index (κ1) is 17.2. The van der Waals surface area contributed by atoms with Gasteiger partial charge < -0.3 is 20.4 Å². The first-order chi connectivity index (χ1) is 12.1. The van der Waals surface area contributed by atoms with E-state index in [1.54, 1.807) is 17.0 Å². The smallest absolute Gasteiger partial charge is 0.289 e. The van der Waals surface area contributed by atoms with E-state index in [0.717, 1.165) is 18.4 Å². The van der Waals surface area contributed by atoms with Crippen LogP contribution in [0.2, 0.25) is 0 Å². The van der Waals surface area contributed by atoms with E-state index < -0.39 is 6.04 Å². The monoisotopic (exact) mass is 341 g/mol. The first-order valence-electron chi connectivity index (χ1n) is 8.56. The standard InChI is InChI=1S/C19H23N3O3/c20-16(13-14-5-2-1-3-6-14)18(23)21-15-8-10-22(11-9-15)19(24)17-7-4-12-25-17/h1-7,12,15-16H,8-11,13,20H2,(H,21,23). The molecule has 2 aromatic rings. The van der Waals surface area contributed by atoms with Crippen LogP contribution >= 0.6 is 0 Å². The number of likely N-dealkylation sites (tertiary alicyclic amines) is 1. The molecular weight excluding hydrogens is 318 g/mol. The fourth-order valence-electron chi connectivity index (χ4n) is 3.05. The van der Waals surface area contributed by atoms with Crippen LogP contribution in [0.1, 0.15) is 29.0 Å². The number of nitrogens with one attached hydrogen (secondary N) is 1. The zero-order chi connectivity index (χ0) is 17.6. The van der Waals surface area contributed by atoms with Gasteiger partial charge in [0, 0.05) is 19.1 Å². The lowest BCUT2D eigenvalue weighted by molar-refractivity contribution is -0.123. The van der Waals surface area contributed by atoms with E-state index in [1.165, 1.54) is 6.26 Å². The number of hydrogen-bond donors (Lipinski definition) is 2. The highest BCUT2D eigenvalue weighted by molar-refractivity contribution is 5.91. The summed E-state index contributed by atoms with van der Waals surface area (Å²) in [6, 6.07) is 12.6. The van der Waals surface area contributed by atoms with Crippen LogP contribution in [-0.4, -0.2) is 41.9 Å². The molecule has 25 heavy (non-hydrogen) atoms. The number of nitrogens with two attached hydrogens (primary N) is 1. The zero-order valence-electron chi connectivity index (χ0n) is 14.1. The summed E-state index contributed by atoms with van der Waals surface area (Å²) in [7, 11) is 0. The molecule has 2 amide bonds. The number of piperidine rings is 1. The van der Waals surface area contributed by atoms with Crippen LogP contribution in [0.15, 0.2) is 53.1 Å². The van der Waals surface area contributed by atoms with E-state index in [2.05, 4.69) is 5.32 Å². The predicted octanol–water partition coefficient (Wildman–Crippen LogP) is 1.57. The Labute approximate surface area is 147 Å². The Bertz CT molecular complexity index is 692. The average molecular weight is 341 g/mol. The van der Waals surface area contributed by atoms with Crippen molar-refractivity contribution >= 4 is 11.8 Å². The largest absolute Gasteiger partial charge is 0.459 e. The third-order valence-electron chi connectivity index (χ3n) is 4.50. The fourth-order valence-corrected chi connectivity index (χ4v) is 3.05. The van der Waals surface area contributed by atoms with Crippen LogP contribution in [0, 0.1) is 0 Å². The van der Waals surface area contributed by atoms with Crippen molar-refractivity contribution in [3.63, 3.8) is 0 Å². The number of furan rings is 1. The SMILES string of the molecule is NC(Cc1ccccc1)C(=O)NC1CCN(C(=O)c2ccco2)CC1. The minimum Gasteiger partial charge on any atom is -0.459 e. The van der Waals surface area contributed by atoms with Crippen molar-refractivity contribution in [2.45, 2.75) is 31.3 Å². The Morgan fingerprint density at radius 3 is 2.52 bits per heavy atom. The van der Waals surface area contributed by atoms with Gasteiger partial charge in [0.2, 0.25) is 5.91 Å². The Morgan fingerprint density at radius 1 is 1.16 bits per heavy atom. The molecule has 1 saturated heterocycles. The normalized spacial score (nSPS) is 16.4. The number of benzene rings is 1. The number of hydrogen-bond acceptors (Lipinski definition) is 4. The van der Waals surface area contributed by atoms with Gasteiger partial charge in [-0.1, -0.05) is 30.3 Å². The third kappa shape index (κ3) is 4.48. The summed E-state index contributed by atoms with van der Waals surface area (Å²) < 4.78 is 5.15. The van der Waals surface area contributed by atoms with Crippen molar-refractivity contribution in [2.75, 3.05) is 13.1 Å². The Morgan fingerprint density at radius 2 is 1.88 bits per heavy atom. The van der Waals surface area contributed by atoms with Crippen molar-refractivity contribution < 1.29 is 14.0 Å². The van der Waals surface area contributed by atoms with Gasteiger partial charge in [-0.15, -0.1) is 0 Å². The summed E-state index contributed by atoms with van der Waals surface area (Å²) in [5, 5.41) is 3.01. The van der Waals surface area contributed by atoms with Crippen molar-refractivity contribution in [3.8, 4) is 0 Å². The second-order valence-corrected chi connectivity index (χ2v) is 6.35. The number of carbonyl (C=O) groups is 2. The second kappa shape index (κ2) is 7.98. The lowest BCUT2D eigenvalue weighted by atomic mass is 10.0. The topological polar surface area (TPSA) is 88.6 Å². The van der Waals surface area contributed by atoms with Gasteiger partial charge in [-0.05, 0) is 37.0 Å². The molecule has 1 aromatic heterocycles. The van der Waals surface area contributed by atoms with Gasteiger partial charge in [0.1, 0.15) is 0 Å². The molecule has 1 fully saturated rings. The molecule has 0 aliphatic carbocycles. The third-order valence-corrected chi connectivity index (χ3v) is 4.50. The zero-order valence-corrected chi connectivity index (χ0v) is 14.1. The second-order valence-electron chi connectivity index (χ2n) is 6.35. The van der Waals surface area contributed by atoms with Crippen molar-refractivity contribution in [1.29, 1.82) is 0 Å². The van der Waals surface area contributed by atoms with Crippen LogP contribution in [0.5, 0.6) is 0 Å². The Balaban J connectivity index is 1.45. The molecule has 1 aliphatic rings. The molecule has 0 saturated carbocycles. The average Bonchev–Trinajstić information content (AvgIpc) is 3.17. The maximum absolute atomic E-state index is 12.3. The molecule has 1 aromatic carbocycles. The van der Waals surface area contributed by atoms with Gasteiger partial charge in [-0.2, -0.15) is 0 Å². The van der Waals surface area contributed by atoms with Crippen LogP contribution in [0.3, 0.4) is 0 Å². The van der Waals surface area contributed by atoms with Crippen LogP contribution in [0.4, 0.5) is 0 Å². The molecule has 3 rings (SSSR count). The molecule has 1 aliphatic heterocycles. The summed E-state index contributed by atoms with van der Waals surface area (Å²) in [5.41, 5.74) is 7.06. The van der Waals surface area contributed by atoms with Crippen molar-refractivity contribution in [2.24, 2.45) is 5.73 Å².